The Bertz CT molecular complexity index is 983. The van der Waals surface area contributed by atoms with E-state index in [9.17, 15) is 17.6 Å². The van der Waals surface area contributed by atoms with Crippen molar-refractivity contribution in [3.63, 3.8) is 0 Å². The van der Waals surface area contributed by atoms with Gasteiger partial charge in [-0.15, -0.1) is 0 Å². The summed E-state index contributed by atoms with van der Waals surface area (Å²) in [6.07, 6.45) is 4.26. The third-order valence-electron chi connectivity index (χ3n) is 6.51. The van der Waals surface area contributed by atoms with E-state index < -0.39 is 19.1 Å². The van der Waals surface area contributed by atoms with E-state index in [-0.39, 0.29) is 30.6 Å². The Morgan fingerprint density at radius 2 is 1.85 bits per heavy atom. The van der Waals surface area contributed by atoms with Gasteiger partial charge in [0.1, 0.15) is 5.75 Å². The zero-order valence-corrected chi connectivity index (χ0v) is 18.0. The Kier molecular flexibility index (Phi) is 6.09. The lowest BCUT2D eigenvalue weighted by Crippen LogP contribution is -2.49. The van der Waals surface area contributed by atoms with E-state index in [4.69, 9.17) is 4.74 Å². The van der Waals surface area contributed by atoms with Crippen LogP contribution < -0.4 is 9.64 Å². The van der Waals surface area contributed by atoms with Crippen LogP contribution in [-0.2, 0) is 4.74 Å². The first-order chi connectivity index (χ1) is 15.9. The van der Waals surface area contributed by atoms with Crippen LogP contribution >= 0.6 is 0 Å². The smallest absolute Gasteiger partial charge is 0.387 e. The van der Waals surface area contributed by atoms with Crippen LogP contribution in [0.1, 0.15) is 30.9 Å². The number of alkyl halides is 4. The van der Waals surface area contributed by atoms with Gasteiger partial charge in [-0.2, -0.15) is 8.78 Å². The van der Waals surface area contributed by atoms with Crippen LogP contribution in [0.15, 0.2) is 24.5 Å². The number of hydrogen-bond acceptors (Lipinski definition) is 7. The summed E-state index contributed by atoms with van der Waals surface area (Å²) in [4.78, 5) is 17.0. The van der Waals surface area contributed by atoms with Gasteiger partial charge in [0.05, 0.1) is 31.6 Å². The molecule has 0 N–H and O–H groups in total. The van der Waals surface area contributed by atoms with E-state index in [1.54, 1.807) is 6.07 Å². The van der Waals surface area contributed by atoms with E-state index >= 15 is 0 Å². The lowest BCUT2D eigenvalue weighted by Gasteiger charge is -2.44. The molecule has 2 aliphatic heterocycles. The molecule has 0 bridgehead atoms. The first-order valence-corrected chi connectivity index (χ1v) is 11.1. The normalized spacial score (nSPS) is 25.3. The van der Waals surface area contributed by atoms with Crippen molar-refractivity contribution in [1.82, 2.24) is 19.9 Å². The van der Waals surface area contributed by atoms with Crippen LogP contribution in [0.3, 0.4) is 0 Å². The van der Waals surface area contributed by atoms with Crippen LogP contribution in [-0.4, -0.2) is 77.8 Å². The number of nitrogens with zero attached hydrogens (tertiary/aromatic N) is 5. The zero-order chi connectivity index (χ0) is 23.0. The van der Waals surface area contributed by atoms with Crippen molar-refractivity contribution in [3.05, 3.63) is 30.2 Å². The molecule has 2 saturated heterocycles. The second-order valence-electron chi connectivity index (χ2n) is 8.76. The van der Waals surface area contributed by atoms with Crippen LogP contribution in [0.2, 0.25) is 0 Å². The molecule has 11 heteroatoms. The average molecular weight is 467 g/mol. The molecule has 0 atom stereocenters. The Hall–Kier alpha value is -2.53. The number of aromatic nitrogens is 3. The quantitative estimate of drug-likeness (QED) is 0.602. The summed E-state index contributed by atoms with van der Waals surface area (Å²) in [7, 11) is 0. The van der Waals surface area contributed by atoms with Gasteiger partial charge in [-0.1, -0.05) is 0 Å². The van der Waals surface area contributed by atoms with Crippen LogP contribution in [0.4, 0.5) is 23.5 Å². The Morgan fingerprint density at radius 1 is 1.06 bits per heavy atom. The third kappa shape index (κ3) is 5.03. The molecule has 0 spiro atoms. The molecule has 178 valence electrons. The van der Waals surface area contributed by atoms with Crippen molar-refractivity contribution in [3.8, 4) is 17.0 Å². The first kappa shape index (κ1) is 22.3. The van der Waals surface area contributed by atoms with Gasteiger partial charge in [-0.05, 0) is 25.0 Å². The molecule has 0 amide bonds. The molecule has 0 radical (unpaired) electrons. The predicted molar refractivity (Wildman–Crippen MR) is 112 cm³/mol. The minimum Gasteiger partial charge on any atom is -0.433 e. The molecule has 3 fully saturated rings. The van der Waals surface area contributed by atoms with Gasteiger partial charge in [0, 0.05) is 55.5 Å². The highest BCUT2D eigenvalue weighted by Crippen LogP contribution is 2.41. The topological polar surface area (TPSA) is 63.6 Å². The van der Waals surface area contributed by atoms with Crippen molar-refractivity contribution in [1.29, 1.82) is 0 Å². The number of rotatable bonds is 6. The Morgan fingerprint density at radius 3 is 2.55 bits per heavy atom. The maximum Gasteiger partial charge on any atom is 0.387 e. The van der Waals surface area contributed by atoms with Gasteiger partial charge < -0.3 is 14.4 Å². The second-order valence-corrected chi connectivity index (χ2v) is 8.76. The Balaban J connectivity index is 1.42. The summed E-state index contributed by atoms with van der Waals surface area (Å²) >= 11 is 0. The molecule has 4 heterocycles. The monoisotopic (exact) mass is 467 g/mol. The van der Waals surface area contributed by atoms with Gasteiger partial charge in [-0.25, -0.2) is 18.7 Å². The molecule has 0 unspecified atom stereocenters. The fraction of sp³-hybridized carbons (Fsp3) is 0.591. The molecule has 7 nitrogen and oxygen atoms in total. The molecule has 5 rings (SSSR count). The number of hydrogen-bond donors (Lipinski definition) is 0. The number of ether oxygens (including phenoxy) is 2. The predicted octanol–water partition coefficient (Wildman–Crippen LogP) is 3.56. The summed E-state index contributed by atoms with van der Waals surface area (Å²) in [5.41, 5.74) is 1.69. The number of anilines is 1. The third-order valence-corrected chi connectivity index (χ3v) is 6.51. The summed E-state index contributed by atoms with van der Waals surface area (Å²) in [5.74, 6) is -2.47. The highest BCUT2D eigenvalue weighted by atomic mass is 19.3. The SMILES string of the molecule is FC(F)Oc1cncc(-c2cc(C3CC(N4CCOCC4)C3)nc(N3CCC(F)(F)C3)n2)c1. The van der Waals surface area contributed by atoms with Crippen molar-refractivity contribution >= 4 is 5.95 Å². The molecule has 3 aliphatic rings. The fourth-order valence-electron chi connectivity index (χ4n) is 4.65. The molecule has 0 aromatic carbocycles. The molecule has 1 saturated carbocycles. The average Bonchev–Trinajstić information content (AvgIpc) is 3.13. The minimum atomic E-state index is -2.97. The lowest BCUT2D eigenvalue weighted by atomic mass is 9.77. The molecule has 2 aromatic rings. The lowest BCUT2D eigenvalue weighted by molar-refractivity contribution is -0.0500. The van der Waals surface area contributed by atoms with E-state index in [1.807, 2.05) is 0 Å². The molecular weight excluding hydrogens is 442 g/mol. The van der Waals surface area contributed by atoms with Gasteiger partial charge >= 0.3 is 6.61 Å². The summed E-state index contributed by atoms with van der Waals surface area (Å²) in [6.45, 7) is 0.0176. The standard InChI is InChI=1S/C22H25F4N5O2/c23-20(24)33-17-9-15(11-27-12-17)19-10-18(14-7-16(8-14)30-3-5-32-6-4-30)28-21(29-19)31-2-1-22(25,26)13-31/h9-12,14,16,20H,1-8,13H2. The van der Waals surface area contributed by atoms with E-state index in [0.29, 0.717) is 17.3 Å². The Labute approximate surface area is 188 Å². The van der Waals surface area contributed by atoms with E-state index in [0.717, 1.165) is 44.8 Å². The molecule has 2 aromatic heterocycles. The highest BCUT2D eigenvalue weighted by molar-refractivity contribution is 5.62. The largest absolute Gasteiger partial charge is 0.433 e. The maximum absolute atomic E-state index is 13.9. The maximum atomic E-state index is 13.9. The van der Waals surface area contributed by atoms with Gasteiger partial charge in [0.25, 0.3) is 5.92 Å². The first-order valence-electron chi connectivity index (χ1n) is 11.1. The zero-order valence-electron chi connectivity index (χ0n) is 18.0. The highest BCUT2D eigenvalue weighted by Gasteiger charge is 2.40. The van der Waals surface area contributed by atoms with E-state index in [2.05, 4.69) is 24.6 Å². The fourth-order valence-corrected chi connectivity index (χ4v) is 4.65. The van der Waals surface area contributed by atoms with Crippen molar-refractivity contribution in [2.24, 2.45) is 0 Å². The minimum absolute atomic E-state index is 0.0899. The van der Waals surface area contributed by atoms with Crippen molar-refractivity contribution in [2.45, 2.75) is 43.8 Å². The van der Waals surface area contributed by atoms with Crippen LogP contribution in [0, 0.1) is 0 Å². The number of morpholine rings is 1. The number of pyridine rings is 1. The summed E-state index contributed by atoms with van der Waals surface area (Å²) < 4.78 is 62.9. The van der Waals surface area contributed by atoms with Crippen molar-refractivity contribution < 1.29 is 27.0 Å². The van der Waals surface area contributed by atoms with Crippen LogP contribution in [0.25, 0.3) is 11.3 Å². The van der Waals surface area contributed by atoms with Gasteiger partial charge in [0.15, 0.2) is 0 Å². The van der Waals surface area contributed by atoms with Gasteiger partial charge in [0.2, 0.25) is 5.95 Å². The number of halogens is 4. The van der Waals surface area contributed by atoms with Gasteiger partial charge in [-0.3, -0.25) is 9.88 Å². The summed E-state index contributed by atoms with van der Waals surface area (Å²) in [6, 6.07) is 3.67. The van der Waals surface area contributed by atoms with E-state index in [1.165, 1.54) is 23.4 Å². The van der Waals surface area contributed by atoms with Crippen molar-refractivity contribution in [2.75, 3.05) is 44.3 Å². The van der Waals surface area contributed by atoms with Crippen LogP contribution in [0.5, 0.6) is 5.75 Å². The molecular formula is C22H25F4N5O2. The molecule has 33 heavy (non-hydrogen) atoms. The second kappa shape index (κ2) is 9.02. The molecule has 1 aliphatic carbocycles. The summed E-state index contributed by atoms with van der Waals surface area (Å²) in [5, 5.41) is 0.